The van der Waals surface area contributed by atoms with Crippen molar-refractivity contribution in [1.29, 1.82) is 0 Å². The van der Waals surface area contributed by atoms with Gasteiger partial charge in [-0.15, -0.1) is 0 Å². The second-order valence-electron chi connectivity index (χ2n) is 8.58. The zero-order chi connectivity index (χ0) is 27.6. The minimum atomic E-state index is -0.868. The number of alkyl carbamates (subject to hydrolysis) is 1. The van der Waals surface area contributed by atoms with Gasteiger partial charge in [-0.25, -0.2) is 4.79 Å². The number of amides is 3. The van der Waals surface area contributed by atoms with Crippen LogP contribution in [-0.2, 0) is 20.9 Å². The second kappa shape index (κ2) is 17.1. The van der Waals surface area contributed by atoms with Gasteiger partial charge in [0, 0.05) is 18.7 Å². The standard InChI is InChI=1S/C27H36N6O5/c28-26(29)30-17-9-14-22(18-34)32-25(36)23(33-24(35)21-12-5-2-6-13-21)15-7-8-16-31-27(37)38-19-20-10-3-1-4-11-20/h1-6,10-13,18,22-23H,7-9,14-17,19H2,(H,31,37)(H,32,36)(H,33,35)(H4,28,29,30)/t22-,23-/m0/s1. The van der Waals surface area contributed by atoms with Gasteiger partial charge in [-0.3, -0.25) is 14.6 Å². The molecule has 0 unspecified atom stereocenters. The summed E-state index contributed by atoms with van der Waals surface area (Å²) in [7, 11) is 0. The third-order valence-corrected chi connectivity index (χ3v) is 5.52. The summed E-state index contributed by atoms with van der Waals surface area (Å²) in [5.74, 6) is -0.911. The zero-order valence-electron chi connectivity index (χ0n) is 21.3. The van der Waals surface area contributed by atoms with Gasteiger partial charge in [0.05, 0.1) is 6.04 Å². The minimum absolute atomic E-state index is 0.0423. The van der Waals surface area contributed by atoms with Crippen LogP contribution >= 0.6 is 0 Å². The van der Waals surface area contributed by atoms with Crippen LogP contribution in [0, 0.1) is 0 Å². The lowest BCUT2D eigenvalue weighted by Crippen LogP contribution is -2.50. The maximum atomic E-state index is 13.0. The number of aliphatic imine (C=N–C) groups is 1. The molecule has 11 heteroatoms. The van der Waals surface area contributed by atoms with Gasteiger partial charge in [0.25, 0.3) is 5.91 Å². The number of hydrogen-bond acceptors (Lipinski definition) is 6. The van der Waals surface area contributed by atoms with Crippen molar-refractivity contribution in [1.82, 2.24) is 16.0 Å². The molecular weight excluding hydrogens is 488 g/mol. The molecule has 0 saturated heterocycles. The van der Waals surface area contributed by atoms with E-state index in [-0.39, 0.29) is 12.6 Å². The first-order valence-electron chi connectivity index (χ1n) is 12.5. The van der Waals surface area contributed by atoms with Crippen molar-refractivity contribution >= 4 is 30.2 Å². The van der Waals surface area contributed by atoms with Gasteiger partial charge in [-0.05, 0) is 49.8 Å². The molecule has 11 nitrogen and oxygen atoms in total. The number of unbranched alkanes of at least 4 members (excludes halogenated alkanes) is 1. The average molecular weight is 525 g/mol. The lowest BCUT2D eigenvalue weighted by molar-refractivity contribution is -0.125. The van der Waals surface area contributed by atoms with Crippen LogP contribution in [0.25, 0.3) is 0 Å². The van der Waals surface area contributed by atoms with Crippen molar-refractivity contribution in [3.05, 3.63) is 71.8 Å². The summed E-state index contributed by atoms with van der Waals surface area (Å²) in [6, 6.07) is 16.3. The van der Waals surface area contributed by atoms with Crippen molar-refractivity contribution in [3.8, 4) is 0 Å². The van der Waals surface area contributed by atoms with Crippen LogP contribution < -0.4 is 27.4 Å². The molecule has 0 aliphatic rings. The third-order valence-electron chi connectivity index (χ3n) is 5.52. The molecule has 204 valence electrons. The molecule has 2 rings (SSSR count). The van der Waals surface area contributed by atoms with Gasteiger partial charge in [0.1, 0.15) is 18.9 Å². The van der Waals surface area contributed by atoms with Crippen LogP contribution in [0.15, 0.2) is 65.7 Å². The highest BCUT2D eigenvalue weighted by molar-refractivity contribution is 5.97. The van der Waals surface area contributed by atoms with Crippen LogP contribution in [0.2, 0.25) is 0 Å². The topological polar surface area (TPSA) is 178 Å². The number of carbonyl (C=O) groups excluding carboxylic acids is 4. The molecule has 38 heavy (non-hydrogen) atoms. The largest absolute Gasteiger partial charge is 0.445 e. The summed E-state index contributed by atoms with van der Waals surface area (Å²) in [6.07, 6.45) is 2.35. The van der Waals surface area contributed by atoms with Gasteiger partial charge < -0.3 is 36.9 Å². The molecule has 0 heterocycles. The Kier molecular flexibility index (Phi) is 13.4. The highest BCUT2D eigenvalue weighted by Crippen LogP contribution is 2.07. The van der Waals surface area contributed by atoms with Crippen LogP contribution in [0.5, 0.6) is 0 Å². The fourth-order valence-electron chi connectivity index (χ4n) is 3.51. The Morgan fingerprint density at radius 1 is 0.895 bits per heavy atom. The Balaban J connectivity index is 1.84. The van der Waals surface area contributed by atoms with Crippen LogP contribution in [0.1, 0.15) is 48.0 Å². The fourth-order valence-corrected chi connectivity index (χ4v) is 3.51. The first kappa shape index (κ1) is 29.8. The number of carbonyl (C=O) groups is 4. The number of aldehydes is 1. The molecule has 0 aromatic heterocycles. The molecule has 0 spiro atoms. The maximum Gasteiger partial charge on any atom is 0.407 e. The molecule has 0 aliphatic heterocycles. The molecule has 2 aromatic rings. The molecule has 0 bridgehead atoms. The summed E-state index contributed by atoms with van der Waals surface area (Å²) in [6.45, 7) is 0.845. The van der Waals surface area contributed by atoms with Crippen LogP contribution in [0.3, 0.4) is 0 Å². The Hall–Kier alpha value is -4.41. The normalized spacial score (nSPS) is 11.9. The molecule has 2 aromatic carbocycles. The number of hydrogen-bond donors (Lipinski definition) is 5. The minimum Gasteiger partial charge on any atom is -0.445 e. The zero-order valence-corrected chi connectivity index (χ0v) is 21.3. The molecule has 2 atom stereocenters. The van der Waals surface area contributed by atoms with E-state index >= 15 is 0 Å². The summed E-state index contributed by atoms with van der Waals surface area (Å²) in [4.78, 5) is 52.9. The number of nitrogens with zero attached hydrogens (tertiary/aromatic N) is 1. The highest BCUT2D eigenvalue weighted by atomic mass is 16.5. The quantitative estimate of drug-likeness (QED) is 0.0958. The molecule has 0 saturated carbocycles. The van der Waals surface area contributed by atoms with Gasteiger partial charge in [0.15, 0.2) is 5.96 Å². The van der Waals surface area contributed by atoms with E-state index in [0.717, 1.165) is 5.56 Å². The van der Waals surface area contributed by atoms with E-state index in [9.17, 15) is 19.2 Å². The lowest BCUT2D eigenvalue weighted by Gasteiger charge is -2.21. The summed E-state index contributed by atoms with van der Waals surface area (Å²) >= 11 is 0. The molecule has 7 N–H and O–H groups in total. The van der Waals surface area contributed by atoms with E-state index < -0.39 is 30.0 Å². The van der Waals surface area contributed by atoms with E-state index in [1.807, 2.05) is 30.3 Å². The molecule has 0 radical (unpaired) electrons. The van der Waals surface area contributed by atoms with Crippen molar-refractivity contribution < 1.29 is 23.9 Å². The average Bonchev–Trinajstić information content (AvgIpc) is 2.93. The first-order chi connectivity index (χ1) is 18.4. The van der Waals surface area contributed by atoms with E-state index in [4.69, 9.17) is 16.2 Å². The number of guanidine groups is 1. The third kappa shape index (κ3) is 12.0. The predicted molar refractivity (Wildman–Crippen MR) is 144 cm³/mol. The van der Waals surface area contributed by atoms with Crippen molar-refractivity contribution in [2.75, 3.05) is 13.1 Å². The number of rotatable bonds is 16. The maximum absolute atomic E-state index is 13.0. The van der Waals surface area contributed by atoms with E-state index in [1.54, 1.807) is 30.3 Å². The van der Waals surface area contributed by atoms with Crippen molar-refractivity contribution in [2.24, 2.45) is 16.5 Å². The Labute approximate surface area is 222 Å². The Morgan fingerprint density at radius 3 is 2.24 bits per heavy atom. The van der Waals surface area contributed by atoms with E-state index in [1.165, 1.54) is 0 Å². The Morgan fingerprint density at radius 2 is 1.58 bits per heavy atom. The second-order valence-corrected chi connectivity index (χ2v) is 8.58. The van der Waals surface area contributed by atoms with Crippen molar-refractivity contribution in [2.45, 2.75) is 50.8 Å². The molecular formula is C27H36N6O5. The lowest BCUT2D eigenvalue weighted by atomic mass is 10.1. The fraction of sp³-hybridized carbons (Fsp3) is 0.370. The number of benzene rings is 2. The van der Waals surface area contributed by atoms with Crippen molar-refractivity contribution in [3.63, 3.8) is 0 Å². The van der Waals surface area contributed by atoms with Gasteiger partial charge in [-0.1, -0.05) is 48.5 Å². The van der Waals surface area contributed by atoms with Gasteiger partial charge in [0.2, 0.25) is 5.91 Å². The summed E-state index contributed by atoms with van der Waals surface area (Å²) in [5, 5.41) is 8.11. The summed E-state index contributed by atoms with van der Waals surface area (Å²) < 4.78 is 5.18. The number of nitrogens with one attached hydrogen (secondary N) is 3. The predicted octanol–water partition coefficient (Wildman–Crippen LogP) is 1.62. The van der Waals surface area contributed by atoms with Gasteiger partial charge in [-0.2, -0.15) is 0 Å². The molecule has 0 fully saturated rings. The Bertz CT molecular complexity index is 1040. The van der Waals surface area contributed by atoms with Gasteiger partial charge >= 0.3 is 6.09 Å². The number of nitrogens with two attached hydrogens (primary N) is 2. The first-order valence-corrected chi connectivity index (χ1v) is 12.5. The van der Waals surface area contributed by atoms with E-state index in [2.05, 4.69) is 20.9 Å². The van der Waals surface area contributed by atoms with E-state index in [0.29, 0.717) is 57.0 Å². The molecule has 0 aliphatic carbocycles. The van der Waals surface area contributed by atoms with Crippen LogP contribution in [-0.4, -0.2) is 55.3 Å². The van der Waals surface area contributed by atoms with Crippen LogP contribution in [0.4, 0.5) is 4.79 Å². The molecule has 3 amide bonds. The monoisotopic (exact) mass is 524 g/mol. The SMILES string of the molecule is NC(N)=NCCC[C@@H](C=O)NC(=O)[C@H](CCCCNC(=O)OCc1ccccc1)NC(=O)c1ccccc1. The number of ether oxygens (including phenoxy) is 1. The highest BCUT2D eigenvalue weighted by Gasteiger charge is 2.23. The summed E-state index contributed by atoms with van der Waals surface area (Å²) in [5.41, 5.74) is 11.9. The smallest absolute Gasteiger partial charge is 0.407 e.